The number of ketones is 1. The highest BCUT2D eigenvalue weighted by atomic mass is 19.1. The van der Waals surface area contributed by atoms with Gasteiger partial charge < -0.3 is 9.84 Å². The van der Waals surface area contributed by atoms with Crippen molar-refractivity contribution in [3.63, 3.8) is 0 Å². The van der Waals surface area contributed by atoms with Crippen molar-refractivity contribution in [3.8, 4) is 11.5 Å². The van der Waals surface area contributed by atoms with E-state index in [2.05, 4.69) is 4.90 Å². The number of carbonyl (C=O) groups excluding carboxylic acids is 1. The van der Waals surface area contributed by atoms with Gasteiger partial charge in [0.25, 0.3) is 0 Å². The molecule has 1 saturated heterocycles. The molecule has 2 atom stereocenters. The third kappa shape index (κ3) is 3.58. The van der Waals surface area contributed by atoms with Gasteiger partial charge in [-0.2, -0.15) is 0 Å². The lowest BCUT2D eigenvalue weighted by atomic mass is 10.0. The molecule has 2 unspecified atom stereocenters. The molecule has 0 amide bonds. The number of nitrogens with zero attached hydrogens (tertiary/aromatic N) is 1. The number of ether oxygens (including phenoxy) is 1. The number of rotatable bonds is 5. The van der Waals surface area contributed by atoms with Gasteiger partial charge in [-0.15, -0.1) is 0 Å². The van der Waals surface area contributed by atoms with E-state index in [-0.39, 0.29) is 23.5 Å². The summed E-state index contributed by atoms with van der Waals surface area (Å²) in [6.07, 6.45) is 1.86. The molecule has 0 bridgehead atoms. The van der Waals surface area contributed by atoms with E-state index < -0.39 is 0 Å². The fourth-order valence-corrected chi connectivity index (χ4v) is 4.23. The van der Waals surface area contributed by atoms with Gasteiger partial charge in [0.1, 0.15) is 5.75 Å². The fourth-order valence-electron chi connectivity index (χ4n) is 4.23. The number of likely N-dealkylation sites (tertiary alicyclic amines) is 1. The predicted octanol–water partition coefficient (Wildman–Crippen LogP) is 3.50. The quantitative estimate of drug-likeness (QED) is 0.834. The van der Waals surface area contributed by atoms with Crippen LogP contribution in [0.1, 0.15) is 23.2 Å². The Bertz CT molecular complexity index is 778. The standard InChI is InChI=1S/C21H22FNO3/c22-19-3-1-2-4-21(19)26-18-9-15-11-23(12-16(15)10-18)13-20(25)14-5-7-17(24)8-6-14/h1-8,15-16,18,24H,9-13H2. The molecule has 2 aromatic rings. The molecule has 2 fully saturated rings. The summed E-state index contributed by atoms with van der Waals surface area (Å²) in [5.41, 5.74) is 0.626. The van der Waals surface area contributed by atoms with Crippen molar-refractivity contribution in [1.29, 1.82) is 0 Å². The van der Waals surface area contributed by atoms with E-state index in [0.29, 0.717) is 29.7 Å². The zero-order chi connectivity index (χ0) is 18.1. The first-order valence-corrected chi connectivity index (χ1v) is 9.04. The maximum atomic E-state index is 13.7. The average molecular weight is 355 g/mol. The molecule has 26 heavy (non-hydrogen) atoms. The first-order chi connectivity index (χ1) is 12.6. The van der Waals surface area contributed by atoms with Gasteiger partial charge in [0.15, 0.2) is 17.3 Å². The Labute approximate surface area is 152 Å². The van der Waals surface area contributed by atoms with E-state index in [4.69, 9.17) is 4.74 Å². The molecule has 1 saturated carbocycles. The van der Waals surface area contributed by atoms with E-state index in [0.717, 1.165) is 25.9 Å². The first kappa shape index (κ1) is 17.0. The minimum Gasteiger partial charge on any atom is -0.508 e. The number of hydrogen-bond donors (Lipinski definition) is 1. The van der Waals surface area contributed by atoms with Crippen LogP contribution in [-0.4, -0.2) is 41.5 Å². The van der Waals surface area contributed by atoms with Crippen LogP contribution >= 0.6 is 0 Å². The second kappa shape index (κ2) is 7.08. The molecule has 2 aromatic carbocycles. The number of phenolic OH excluding ortho intramolecular Hbond substituents is 1. The van der Waals surface area contributed by atoms with Crippen LogP contribution in [0.2, 0.25) is 0 Å². The molecule has 1 heterocycles. The van der Waals surface area contributed by atoms with E-state index >= 15 is 0 Å². The topological polar surface area (TPSA) is 49.8 Å². The van der Waals surface area contributed by atoms with Gasteiger partial charge in [-0.25, -0.2) is 4.39 Å². The molecule has 4 rings (SSSR count). The molecule has 0 aromatic heterocycles. The maximum Gasteiger partial charge on any atom is 0.176 e. The van der Waals surface area contributed by atoms with Gasteiger partial charge in [0, 0.05) is 18.7 Å². The summed E-state index contributed by atoms with van der Waals surface area (Å²) >= 11 is 0. The Morgan fingerprint density at radius 3 is 2.38 bits per heavy atom. The lowest BCUT2D eigenvalue weighted by molar-refractivity contribution is 0.0936. The van der Waals surface area contributed by atoms with Crippen LogP contribution < -0.4 is 4.74 Å². The van der Waals surface area contributed by atoms with Crippen molar-refractivity contribution in [3.05, 3.63) is 59.9 Å². The van der Waals surface area contributed by atoms with Gasteiger partial charge in [0.2, 0.25) is 0 Å². The van der Waals surface area contributed by atoms with Crippen molar-refractivity contribution in [1.82, 2.24) is 4.90 Å². The van der Waals surface area contributed by atoms with Crippen molar-refractivity contribution >= 4 is 5.78 Å². The summed E-state index contributed by atoms with van der Waals surface area (Å²) in [4.78, 5) is 14.6. The molecular formula is C21H22FNO3. The lowest BCUT2D eigenvalue weighted by Gasteiger charge is -2.19. The van der Waals surface area contributed by atoms with E-state index in [9.17, 15) is 14.3 Å². The van der Waals surface area contributed by atoms with Gasteiger partial charge in [0.05, 0.1) is 12.6 Å². The highest BCUT2D eigenvalue weighted by Crippen LogP contribution is 2.40. The summed E-state index contributed by atoms with van der Waals surface area (Å²) in [7, 11) is 0. The number of para-hydroxylation sites is 1. The average Bonchev–Trinajstić information content (AvgIpc) is 3.15. The molecule has 2 aliphatic rings. The Kier molecular flexibility index (Phi) is 4.64. The zero-order valence-corrected chi connectivity index (χ0v) is 14.5. The van der Waals surface area contributed by atoms with Gasteiger partial charge in [-0.05, 0) is 61.1 Å². The summed E-state index contributed by atoms with van der Waals surface area (Å²) in [5.74, 6) is 1.25. The minimum atomic E-state index is -0.314. The molecule has 5 heteroatoms. The number of benzene rings is 2. The number of fused-ring (bicyclic) bond motifs is 1. The van der Waals surface area contributed by atoms with Crippen molar-refractivity contribution in [2.75, 3.05) is 19.6 Å². The molecule has 0 radical (unpaired) electrons. The van der Waals surface area contributed by atoms with Crippen LogP contribution in [0.3, 0.4) is 0 Å². The summed E-state index contributed by atoms with van der Waals surface area (Å²) in [6, 6.07) is 12.9. The van der Waals surface area contributed by atoms with E-state index in [1.165, 1.54) is 18.2 Å². The van der Waals surface area contributed by atoms with E-state index in [1.54, 1.807) is 30.3 Å². The summed E-state index contributed by atoms with van der Waals surface area (Å²) in [5, 5.41) is 9.32. The molecule has 1 N–H and O–H groups in total. The first-order valence-electron chi connectivity index (χ1n) is 9.04. The number of carbonyl (C=O) groups is 1. The Morgan fingerprint density at radius 1 is 1.08 bits per heavy atom. The molecule has 136 valence electrons. The summed E-state index contributed by atoms with van der Waals surface area (Å²) < 4.78 is 19.6. The van der Waals surface area contributed by atoms with Crippen LogP contribution in [0.4, 0.5) is 4.39 Å². The van der Waals surface area contributed by atoms with Crippen LogP contribution in [-0.2, 0) is 0 Å². The third-order valence-electron chi connectivity index (χ3n) is 5.47. The largest absolute Gasteiger partial charge is 0.508 e. The van der Waals surface area contributed by atoms with Gasteiger partial charge in [-0.3, -0.25) is 9.69 Å². The van der Waals surface area contributed by atoms with Crippen LogP contribution in [0.25, 0.3) is 0 Å². The molecular weight excluding hydrogens is 333 g/mol. The van der Waals surface area contributed by atoms with Crippen molar-refractivity contribution in [2.45, 2.75) is 18.9 Å². The van der Waals surface area contributed by atoms with Crippen LogP contribution in [0.15, 0.2) is 48.5 Å². The highest BCUT2D eigenvalue weighted by molar-refractivity contribution is 5.97. The van der Waals surface area contributed by atoms with Gasteiger partial charge >= 0.3 is 0 Å². The highest BCUT2D eigenvalue weighted by Gasteiger charge is 2.42. The number of halogens is 1. The van der Waals surface area contributed by atoms with Crippen molar-refractivity contribution in [2.24, 2.45) is 11.8 Å². The number of Topliss-reactive ketones (excluding diaryl/α,β-unsaturated/α-hetero) is 1. The second-order valence-corrected chi connectivity index (χ2v) is 7.33. The Morgan fingerprint density at radius 2 is 1.73 bits per heavy atom. The molecule has 0 spiro atoms. The Hall–Kier alpha value is -2.40. The van der Waals surface area contributed by atoms with Crippen molar-refractivity contribution < 1.29 is 19.0 Å². The van der Waals surface area contributed by atoms with Crippen LogP contribution in [0, 0.1) is 17.7 Å². The molecule has 4 nitrogen and oxygen atoms in total. The predicted molar refractivity (Wildman–Crippen MR) is 95.9 cm³/mol. The monoisotopic (exact) mass is 355 g/mol. The number of hydrogen-bond acceptors (Lipinski definition) is 4. The SMILES string of the molecule is O=C(CN1CC2CC(Oc3ccccc3F)CC2C1)c1ccc(O)cc1. The smallest absolute Gasteiger partial charge is 0.176 e. The maximum absolute atomic E-state index is 13.7. The third-order valence-corrected chi connectivity index (χ3v) is 5.47. The lowest BCUT2D eigenvalue weighted by Crippen LogP contribution is -2.30. The number of aromatic hydroxyl groups is 1. The van der Waals surface area contributed by atoms with E-state index in [1.807, 2.05) is 0 Å². The number of phenols is 1. The molecule has 1 aliphatic heterocycles. The van der Waals surface area contributed by atoms with Crippen LogP contribution in [0.5, 0.6) is 11.5 Å². The minimum absolute atomic E-state index is 0.0526. The normalized spacial score (nSPS) is 25.2. The Balaban J connectivity index is 1.30. The fraction of sp³-hybridized carbons (Fsp3) is 0.381. The zero-order valence-electron chi connectivity index (χ0n) is 14.5. The second-order valence-electron chi connectivity index (χ2n) is 7.33. The van der Waals surface area contributed by atoms with Gasteiger partial charge in [-0.1, -0.05) is 12.1 Å². The summed E-state index contributed by atoms with van der Waals surface area (Å²) in [6.45, 7) is 2.16. The molecule has 1 aliphatic carbocycles.